The van der Waals surface area contributed by atoms with Crippen LogP contribution in [0.15, 0.2) is 29.4 Å². The number of aromatic nitrogens is 1. The number of aliphatic imine (C=N–C) groups is 1. The highest BCUT2D eigenvalue weighted by Crippen LogP contribution is 2.12. The Morgan fingerprint density at radius 2 is 2.07 bits per heavy atom. The van der Waals surface area contributed by atoms with E-state index < -0.39 is 0 Å². The topological polar surface area (TPSA) is 82.1 Å². The van der Waals surface area contributed by atoms with Gasteiger partial charge in [0, 0.05) is 72.1 Å². The molecule has 0 unspecified atom stereocenters. The highest BCUT2D eigenvalue weighted by molar-refractivity contribution is 5.81. The van der Waals surface area contributed by atoms with Gasteiger partial charge in [-0.15, -0.1) is 0 Å². The molecule has 0 aliphatic carbocycles. The molecule has 1 aliphatic rings. The molecule has 2 N–H and O–H groups in total. The lowest BCUT2D eigenvalue weighted by molar-refractivity contribution is -0.131. The van der Waals surface area contributed by atoms with Gasteiger partial charge in [0.15, 0.2) is 5.96 Å². The molecule has 8 nitrogen and oxygen atoms in total. The minimum absolute atomic E-state index is 0.179. The van der Waals surface area contributed by atoms with Crippen molar-refractivity contribution in [2.24, 2.45) is 4.99 Å². The maximum absolute atomic E-state index is 12.5. The second kappa shape index (κ2) is 12.1. The summed E-state index contributed by atoms with van der Waals surface area (Å²) in [6, 6.07) is 5.92. The summed E-state index contributed by atoms with van der Waals surface area (Å²) in [5.41, 5.74) is 0. The van der Waals surface area contributed by atoms with Crippen LogP contribution in [0.3, 0.4) is 0 Å². The first-order chi connectivity index (χ1) is 13.2. The molecule has 0 radical (unpaired) electrons. The number of nitrogens with zero attached hydrogens (tertiary/aromatic N) is 4. The van der Waals surface area contributed by atoms with Crippen molar-refractivity contribution < 1.29 is 9.53 Å². The van der Waals surface area contributed by atoms with E-state index in [0.717, 1.165) is 50.9 Å². The van der Waals surface area contributed by atoms with Crippen LogP contribution >= 0.6 is 0 Å². The fourth-order valence-electron chi connectivity index (χ4n) is 2.91. The van der Waals surface area contributed by atoms with E-state index in [4.69, 9.17) is 4.74 Å². The molecule has 1 aromatic rings. The highest BCUT2D eigenvalue weighted by atomic mass is 16.5. The quantitative estimate of drug-likeness (QED) is 0.375. The lowest BCUT2D eigenvalue weighted by Crippen LogP contribution is -2.49. The van der Waals surface area contributed by atoms with Crippen LogP contribution in [0.25, 0.3) is 0 Å². The molecule has 27 heavy (non-hydrogen) atoms. The first-order valence-corrected chi connectivity index (χ1v) is 9.69. The summed E-state index contributed by atoms with van der Waals surface area (Å²) < 4.78 is 5.03. The lowest BCUT2D eigenvalue weighted by atomic mass is 10.2. The normalized spacial score (nSPS) is 15.0. The van der Waals surface area contributed by atoms with Crippen LogP contribution in [0, 0.1) is 0 Å². The van der Waals surface area contributed by atoms with E-state index in [0.29, 0.717) is 26.1 Å². The Morgan fingerprint density at radius 1 is 1.26 bits per heavy atom. The van der Waals surface area contributed by atoms with Gasteiger partial charge in [0.1, 0.15) is 5.82 Å². The van der Waals surface area contributed by atoms with Gasteiger partial charge in [0.2, 0.25) is 5.91 Å². The second-order valence-corrected chi connectivity index (χ2v) is 6.34. The number of nitrogens with one attached hydrogen (secondary N) is 2. The van der Waals surface area contributed by atoms with Gasteiger partial charge in [-0.2, -0.15) is 0 Å². The summed E-state index contributed by atoms with van der Waals surface area (Å²) in [4.78, 5) is 25.5. The molecular formula is C19H32N6O2. The number of hydrogen-bond donors (Lipinski definition) is 2. The number of carbonyl (C=O) groups is 1. The first kappa shape index (κ1) is 21.0. The molecule has 2 heterocycles. The molecule has 0 spiro atoms. The number of ether oxygens (including phenoxy) is 1. The van der Waals surface area contributed by atoms with E-state index in [1.807, 2.05) is 30.0 Å². The molecule has 1 saturated heterocycles. The van der Waals surface area contributed by atoms with Gasteiger partial charge in [-0.3, -0.25) is 9.79 Å². The molecule has 1 aromatic heterocycles. The van der Waals surface area contributed by atoms with Gasteiger partial charge in [0.25, 0.3) is 0 Å². The predicted octanol–water partition coefficient (Wildman–Crippen LogP) is 0.712. The summed E-state index contributed by atoms with van der Waals surface area (Å²) in [7, 11) is 1.69. The highest BCUT2D eigenvalue weighted by Gasteiger charge is 2.21. The Bertz CT molecular complexity index is 573. The molecule has 1 aliphatic heterocycles. The fraction of sp³-hybridized carbons (Fsp3) is 0.632. The van der Waals surface area contributed by atoms with Gasteiger partial charge in [-0.05, 0) is 25.5 Å². The van der Waals surface area contributed by atoms with E-state index in [9.17, 15) is 4.79 Å². The van der Waals surface area contributed by atoms with Crippen molar-refractivity contribution >= 4 is 17.7 Å². The van der Waals surface area contributed by atoms with Crippen molar-refractivity contribution in [1.82, 2.24) is 20.5 Å². The molecular weight excluding hydrogens is 344 g/mol. The fourth-order valence-corrected chi connectivity index (χ4v) is 2.91. The van der Waals surface area contributed by atoms with Crippen molar-refractivity contribution in [3.05, 3.63) is 24.4 Å². The van der Waals surface area contributed by atoms with Crippen LogP contribution in [0.5, 0.6) is 0 Å². The van der Waals surface area contributed by atoms with Gasteiger partial charge in [-0.1, -0.05) is 6.07 Å². The molecule has 1 fully saturated rings. The van der Waals surface area contributed by atoms with Gasteiger partial charge in [-0.25, -0.2) is 4.98 Å². The molecule has 0 saturated carbocycles. The van der Waals surface area contributed by atoms with Crippen LogP contribution in [0.4, 0.5) is 5.82 Å². The molecule has 0 bridgehead atoms. The predicted molar refractivity (Wildman–Crippen MR) is 108 cm³/mol. The van der Waals surface area contributed by atoms with Crippen molar-refractivity contribution in [3.63, 3.8) is 0 Å². The third-order valence-corrected chi connectivity index (χ3v) is 4.36. The van der Waals surface area contributed by atoms with Crippen molar-refractivity contribution in [3.8, 4) is 0 Å². The Kier molecular flexibility index (Phi) is 9.40. The van der Waals surface area contributed by atoms with E-state index in [-0.39, 0.29) is 5.91 Å². The molecule has 150 valence electrons. The maximum Gasteiger partial charge on any atom is 0.224 e. The summed E-state index contributed by atoms with van der Waals surface area (Å²) in [5.74, 6) is 1.91. The number of rotatable bonds is 9. The van der Waals surface area contributed by atoms with Crippen molar-refractivity contribution in [1.29, 1.82) is 0 Å². The third-order valence-electron chi connectivity index (χ3n) is 4.36. The number of hydrogen-bond acceptors (Lipinski definition) is 5. The van der Waals surface area contributed by atoms with Crippen LogP contribution < -0.4 is 15.5 Å². The zero-order chi connectivity index (χ0) is 19.3. The molecule has 0 aromatic carbocycles. The molecule has 2 rings (SSSR count). The summed E-state index contributed by atoms with van der Waals surface area (Å²) in [6.45, 7) is 7.91. The Hall–Kier alpha value is -2.35. The number of pyridine rings is 1. The Morgan fingerprint density at radius 3 is 2.74 bits per heavy atom. The number of anilines is 1. The number of guanidine groups is 1. The van der Waals surface area contributed by atoms with Crippen molar-refractivity contribution in [2.45, 2.75) is 19.8 Å². The standard InChI is InChI=1S/C19H32N6O2/c1-3-20-19(22-10-6-16-27-2)23-11-8-18(26)25-14-12-24(13-15-25)17-7-4-5-9-21-17/h4-5,7,9H,3,6,8,10-16H2,1-2H3,(H2,20,22,23). The van der Waals surface area contributed by atoms with Crippen LogP contribution in [-0.2, 0) is 9.53 Å². The Labute approximate surface area is 162 Å². The molecule has 0 atom stereocenters. The summed E-state index contributed by atoms with van der Waals surface area (Å²) in [5, 5.41) is 6.43. The molecule has 1 amide bonds. The minimum Gasteiger partial charge on any atom is -0.385 e. The third kappa shape index (κ3) is 7.42. The smallest absolute Gasteiger partial charge is 0.224 e. The second-order valence-electron chi connectivity index (χ2n) is 6.34. The first-order valence-electron chi connectivity index (χ1n) is 9.69. The largest absolute Gasteiger partial charge is 0.385 e. The number of methoxy groups -OCH3 is 1. The average Bonchev–Trinajstić information content (AvgIpc) is 2.72. The van der Waals surface area contributed by atoms with E-state index in [2.05, 4.69) is 25.5 Å². The van der Waals surface area contributed by atoms with Crippen LogP contribution in [0.2, 0.25) is 0 Å². The number of carbonyl (C=O) groups excluding carboxylic acids is 1. The van der Waals surface area contributed by atoms with Crippen molar-refractivity contribution in [2.75, 3.05) is 64.4 Å². The zero-order valence-electron chi connectivity index (χ0n) is 16.5. The monoisotopic (exact) mass is 376 g/mol. The van der Waals surface area contributed by atoms with E-state index >= 15 is 0 Å². The lowest BCUT2D eigenvalue weighted by Gasteiger charge is -2.35. The maximum atomic E-state index is 12.5. The average molecular weight is 377 g/mol. The number of amides is 1. The van der Waals surface area contributed by atoms with Gasteiger partial charge in [0.05, 0.1) is 0 Å². The van der Waals surface area contributed by atoms with Crippen LogP contribution in [-0.4, -0.2) is 81.3 Å². The van der Waals surface area contributed by atoms with E-state index in [1.165, 1.54) is 0 Å². The Balaban J connectivity index is 1.69. The minimum atomic E-state index is 0.179. The zero-order valence-corrected chi connectivity index (χ0v) is 16.5. The number of piperazine rings is 1. The van der Waals surface area contributed by atoms with Gasteiger partial charge < -0.3 is 25.2 Å². The van der Waals surface area contributed by atoms with E-state index in [1.54, 1.807) is 13.3 Å². The van der Waals surface area contributed by atoms with Crippen LogP contribution in [0.1, 0.15) is 19.8 Å². The summed E-state index contributed by atoms with van der Waals surface area (Å²) in [6.07, 6.45) is 3.15. The summed E-state index contributed by atoms with van der Waals surface area (Å²) >= 11 is 0. The van der Waals surface area contributed by atoms with Gasteiger partial charge >= 0.3 is 0 Å². The molecule has 8 heteroatoms. The SMILES string of the molecule is CCNC(=NCCCOC)NCCC(=O)N1CCN(c2ccccn2)CC1.